The van der Waals surface area contributed by atoms with Crippen LogP contribution in [0.15, 0.2) is 24.3 Å². The molecule has 0 spiro atoms. The summed E-state index contributed by atoms with van der Waals surface area (Å²) in [6.07, 6.45) is 4.89. The molecule has 1 aromatic carbocycles. The van der Waals surface area contributed by atoms with E-state index in [9.17, 15) is 4.79 Å². The van der Waals surface area contributed by atoms with E-state index in [-0.39, 0.29) is 5.91 Å². The highest BCUT2D eigenvalue weighted by Gasteiger charge is 2.22. The van der Waals surface area contributed by atoms with Crippen molar-refractivity contribution in [2.75, 3.05) is 11.9 Å². The molecule has 104 valence electrons. The van der Waals surface area contributed by atoms with Crippen LogP contribution in [0.5, 0.6) is 0 Å². The third-order valence-electron chi connectivity index (χ3n) is 4.04. The van der Waals surface area contributed by atoms with Crippen molar-refractivity contribution >= 4 is 11.6 Å². The SMILES string of the molecule is Cc1ccccc1NCC(=O)N[C@@H]1CCCC[C@H]1C. The molecule has 1 amide bonds. The average Bonchev–Trinajstić information content (AvgIpc) is 2.40. The minimum atomic E-state index is 0.0991. The van der Waals surface area contributed by atoms with Crippen molar-refractivity contribution < 1.29 is 4.79 Å². The van der Waals surface area contributed by atoms with Crippen LogP contribution < -0.4 is 10.6 Å². The highest BCUT2D eigenvalue weighted by atomic mass is 16.1. The summed E-state index contributed by atoms with van der Waals surface area (Å²) in [6.45, 7) is 4.64. The zero-order chi connectivity index (χ0) is 13.7. The van der Waals surface area contributed by atoms with Gasteiger partial charge in [0.1, 0.15) is 0 Å². The molecule has 1 aliphatic carbocycles. The summed E-state index contributed by atoms with van der Waals surface area (Å²) in [5, 5.41) is 6.36. The van der Waals surface area contributed by atoms with Gasteiger partial charge in [0.15, 0.2) is 0 Å². The van der Waals surface area contributed by atoms with Crippen molar-refractivity contribution in [2.24, 2.45) is 5.92 Å². The van der Waals surface area contributed by atoms with Crippen LogP contribution in [0.25, 0.3) is 0 Å². The Bertz CT molecular complexity index is 431. The Hall–Kier alpha value is -1.51. The van der Waals surface area contributed by atoms with E-state index in [1.165, 1.54) is 24.8 Å². The average molecular weight is 260 g/mol. The predicted molar refractivity (Wildman–Crippen MR) is 79.2 cm³/mol. The maximum atomic E-state index is 12.0. The minimum Gasteiger partial charge on any atom is -0.376 e. The van der Waals surface area contributed by atoms with Gasteiger partial charge < -0.3 is 10.6 Å². The smallest absolute Gasteiger partial charge is 0.239 e. The predicted octanol–water partition coefficient (Wildman–Crippen LogP) is 3.10. The monoisotopic (exact) mass is 260 g/mol. The molecule has 0 aromatic heterocycles. The number of carbonyl (C=O) groups excluding carboxylic acids is 1. The molecule has 1 fully saturated rings. The normalized spacial score (nSPS) is 22.8. The molecule has 1 aliphatic rings. The third kappa shape index (κ3) is 3.98. The first kappa shape index (κ1) is 13.9. The first-order valence-electron chi connectivity index (χ1n) is 7.25. The molecule has 0 bridgehead atoms. The van der Waals surface area contributed by atoms with Crippen LogP contribution in [-0.2, 0) is 4.79 Å². The summed E-state index contributed by atoms with van der Waals surface area (Å²) in [6, 6.07) is 8.40. The topological polar surface area (TPSA) is 41.1 Å². The van der Waals surface area contributed by atoms with E-state index in [2.05, 4.69) is 17.6 Å². The number of carbonyl (C=O) groups is 1. The van der Waals surface area contributed by atoms with Crippen LogP contribution in [0.1, 0.15) is 38.2 Å². The van der Waals surface area contributed by atoms with E-state index < -0.39 is 0 Å². The lowest BCUT2D eigenvalue weighted by Gasteiger charge is -2.29. The number of anilines is 1. The van der Waals surface area contributed by atoms with Crippen molar-refractivity contribution in [3.05, 3.63) is 29.8 Å². The van der Waals surface area contributed by atoms with E-state index in [1.807, 2.05) is 31.2 Å². The molecule has 0 heterocycles. The molecule has 2 atom stereocenters. The number of hydrogen-bond acceptors (Lipinski definition) is 2. The van der Waals surface area contributed by atoms with E-state index in [4.69, 9.17) is 0 Å². The summed E-state index contributed by atoms with van der Waals surface area (Å²) in [7, 11) is 0. The number of rotatable bonds is 4. The lowest BCUT2D eigenvalue weighted by atomic mass is 9.86. The highest BCUT2D eigenvalue weighted by Crippen LogP contribution is 2.23. The Labute approximate surface area is 115 Å². The van der Waals surface area contributed by atoms with Gasteiger partial charge in [0.05, 0.1) is 6.54 Å². The fourth-order valence-electron chi connectivity index (χ4n) is 2.74. The van der Waals surface area contributed by atoms with E-state index in [0.29, 0.717) is 18.5 Å². The lowest BCUT2D eigenvalue weighted by Crippen LogP contribution is -2.43. The fourth-order valence-corrected chi connectivity index (χ4v) is 2.74. The van der Waals surface area contributed by atoms with Crippen LogP contribution in [0.4, 0.5) is 5.69 Å². The second-order valence-corrected chi connectivity index (χ2v) is 5.60. The molecular weight excluding hydrogens is 236 g/mol. The Morgan fingerprint density at radius 2 is 2.00 bits per heavy atom. The Kier molecular flexibility index (Phi) is 4.83. The number of aryl methyl sites for hydroxylation is 1. The Morgan fingerprint density at radius 3 is 2.74 bits per heavy atom. The van der Waals surface area contributed by atoms with Gasteiger partial charge in [-0.15, -0.1) is 0 Å². The largest absolute Gasteiger partial charge is 0.376 e. The van der Waals surface area contributed by atoms with E-state index in [0.717, 1.165) is 12.1 Å². The molecule has 2 N–H and O–H groups in total. The van der Waals surface area contributed by atoms with Crippen molar-refractivity contribution in [1.29, 1.82) is 0 Å². The summed E-state index contributed by atoms with van der Waals surface area (Å²) in [5.41, 5.74) is 2.20. The number of benzene rings is 1. The van der Waals surface area contributed by atoms with Gasteiger partial charge in [-0.25, -0.2) is 0 Å². The van der Waals surface area contributed by atoms with E-state index in [1.54, 1.807) is 0 Å². The maximum Gasteiger partial charge on any atom is 0.239 e. The quantitative estimate of drug-likeness (QED) is 0.873. The standard InChI is InChI=1S/C16H24N2O/c1-12-7-3-5-9-14(12)17-11-16(19)18-15-10-6-4-8-13(15)2/h3,5,7,9,13,15,17H,4,6,8,10-11H2,1-2H3,(H,18,19)/t13-,15-/m1/s1. The van der Waals surface area contributed by atoms with Crippen LogP contribution in [0.3, 0.4) is 0 Å². The van der Waals surface area contributed by atoms with Crippen LogP contribution >= 0.6 is 0 Å². The van der Waals surface area contributed by atoms with Gasteiger partial charge in [-0.05, 0) is 37.3 Å². The van der Waals surface area contributed by atoms with Crippen LogP contribution in [0.2, 0.25) is 0 Å². The lowest BCUT2D eigenvalue weighted by molar-refractivity contribution is -0.120. The van der Waals surface area contributed by atoms with Gasteiger partial charge in [0, 0.05) is 11.7 Å². The van der Waals surface area contributed by atoms with Crippen molar-refractivity contribution in [3.63, 3.8) is 0 Å². The Balaban J connectivity index is 1.80. The number of hydrogen-bond donors (Lipinski definition) is 2. The van der Waals surface area contributed by atoms with Gasteiger partial charge in [-0.2, -0.15) is 0 Å². The van der Waals surface area contributed by atoms with Crippen LogP contribution in [-0.4, -0.2) is 18.5 Å². The summed E-state index contributed by atoms with van der Waals surface area (Å²) < 4.78 is 0. The molecule has 1 saturated carbocycles. The molecule has 19 heavy (non-hydrogen) atoms. The zero-order valence-electron chi connectivity index (χ0n) is 11.9. The molecule has 3 heteroatoms. The molecule has 3 nitrogen and oxygen atoms in total. The van der Waals surface area contributed by atoms with Crippen molar-refractivity contribution in [3.8, 4) is 0 Å². The van der Waals surface area contributed by atoms with Crippen molar-refractivity contribution in [1.82, 2.24) is 5.32 Å². The number of para-hydroxylation sites is 1. The summed E-state index contributed by atoms with van der Waals surface area (Å²) in [5.74, 6) is 0.707. The van der Waals surface area contributed by atoms with Gasteiger partial charge >= 0.3 is 0 Å². The fraction of sp³-hybridized carbons (Fsp3) is 0.562. The molecule has 1 aromatic rings. The van der Waals surface area contributed by atoms with Crippen LogP contribution in [0, 0.1) is 12.8 Å². The first-order chi connectivity index (χ1) is 9.16. The van der Waals surface area contributed by atoms with E-state index >= 15 is 0 Å². The van der Waals surface area contributed by atoms with Gasteiger partial charge in [0.25, 0.3) is 0 Å². The number of amides is 1. The molecule has 2 rings (SSSR count). The van der Waals surface area contributed by atoms with Gasteiger partial charge in [-0.1, -0.05) is 38.0 Å². The highest BCUT2D eigenvalue weighted by molar-refractivity contribution is 5.81. The molecular formula is C16H24N2O. The minimum absolute atomic E-state index is 0.0991. The summed E-state index contributed by atoms with van der Waals surface area (Å²) in [4.78, 5) is 12.0. The zero-order valence-corrected chi connectivity index (χ0v) is 11.9. The summed E-state index contributed by atoms with van der Waals surface area (Å²) >= 11 is 0. The van der Waals surface area contributed by atoms with Gasteiger partial charge in [0.2, 0.25) is 5.91 Å². The number of nitrogens with one attached hydrogen (secondary N) is 2. The maximum absolute atomic E-state index is 12.0. The van der Waals surface area contributed by atoms with Crippen molar-refractivity contribution in [2.45, 2.75) is 45.6 Å². The molecule has 0 radical (unpaired) electrons. The first-order valence-corrected chi connectivity index (χ1v) is 7.25. The molecule has 0 aliphatic heterocycles. The second-order valence-electron chi connectivity index (χ2n) is 5.60. The third-order valence-corrected chi connectivity index (χ3v) is 4.04. The second kappa shape index (κ2) is 6.60. The Morgan fingerprint density at radius 1 is 1.26 bits per heavy atom. The molecule has 0 unspecified atom stereocenters. The molecule has 0 saturated heterocycles. The van der Waals surface area contributed by atoms with Gasteiger partial charge in [-0.3, -0.25) is 4.79 Å².